The van der Waals surface area contributed by atoms with Gasteiger partial charge in [-0.05, 0) is 49.2 Å². The molecule has 0 bridgehead atoms. The smallest absolute Gasteiger partial charge is 0.254 e. The van der Waals surface area contributed by atoms with Crippen molar-refractivity contribution in [3.05, 3.63) is 47.8 Å². The number of anilines is 1. The van der Waals surface area contributed by atoms with E-state index in [2.05, 4.69) is 4.98 Å². The largest absolute Gasteiger partial charge is 0.398 e. The van der Waals surface area contributed by atoms with Gasteiger partial charge >= 0.3 is 0 Å². The van der Waals surface area contributed by atoms with Crippen molar-refractivity contribution >= 4 is 11.6 Å². The van der Waals surface area contributed by atoms with E-state index in [4.69, 9.17) is 5.73 Å². The molecule has 0 saturated carbocycles. The summed E-state index contributed by atoms with van der Waals surface area (Å²) in [5, 5.41) is 9.75. The van der Waals surface area contributed by atoms with Crippen LogP contribution in [0.2, 0.25) is 0 Å². The third-order valence-electron chi connectivity index (χ3n) is 4.29. The number of carbonyl (C=O) groups is 1. The Bertz CT molecular complexity index is 772. The molecule has 2 heterocycles. The number of hydrogen-bond donors (Lipinski definition) is 2. The Morgan fingerprint density at radius 2 is 2.00 bits per heavy atom. The standard InChI is InChI=1S/C18H20FN3O2/c1-18(2,24)16(19)10-22-9-12-7-15(20)13(8-14(12)17(22)23)11-3-5-21-6-4-11/h3-8,16,24H,9-10,20H2,1-2H3/t16-/m1/s1. The molecule has 1 aromatic heterocycles. The highest BCUT2D eigenvalue weighted by atomic mass is 19.1. The predicted molar refractivity (Wildman–Crippen MR) is 90.0 cm³/mol. The van der Waals surface area contributed by atoms with Crippen LogP contribution in [-0.2, 0) is 6.54 Å². The van der Waals surface area contributed by atoms with Gasteiger partial charge in [0, 0.05) is 35.8 Å². The fourth-order valence-corrected chi connectivity index (χ4v) is 2.79. The van der Waals surface area contributed by atoms with Crippen LogP contribution in [0.3, 0.4) is 0 Å². The molecule has 6 heteroatoms. The molecule has 0 radical (unpaired) electrons. The van der Waals surface area contributed by atoms with Crippen LogP contribution in [0.15, 0.2) is 36.7 Å². The van der Waals surface area contributed by atoms with Crippen molar-refractivity contribution < 1.29 is 14.3 Å². The molecule has 0 aliphatic carbocycles. The summed E-state index contributed by atoms with van der Waals surface area (Å²) < 4.78 is 14.1. The minimum absolute atomic E-state index is 0.151. The minimum atomic E-state index is -1.52. The van der Waals surface area contributed by atoms with Gasteiger partial charge in [0.2, 0.25) is 0 Å². The number of aliphatic hydroxyl groups is 1. The zero-order valence-corrected chi connectivity index (χ0v) is 13.7. The molecule has 0 unspecified atom stereocenters. The van der Waals surface area contributed by atoms with Crippen molar-refractivity contribution in [3.8, 4) is 11.1 Å². The molecular weight excluding hydrogens is 309 g/mol. The first kappa shape index (κ1) is 16.4. The number of halogens is 1. The highest BCUT2D eigenvalue weighted by molar-refractivity contribution is 6.01. The second-order valence-corrected chi connectivity index (χ2v) is 6.64. The number of nitrogens with zero attached hydrogens (tertiary/aromatic N) is 2. The lowest BCUT2D eigenvalue weighted by atomic mass is 9.99. The van der Waals surface area contributed by atoms with Crippen molar-refractivity contribution in [3.63, 3.8) is 0 Å². The molecule has 0 fully saturated rings. The van der Waals surface area contributed by atoms with E-state index in [1.54, 1.807) is 24.5 Å². The molecular formula is C18H20FN3O2. The van der Waals surface area contributed by atoms with Gasteiger partial charge < -0.3 is 15.7 Å². The van der Waals surface area contributed by atoms with E-state index in [1.165, 1.54) is 18.7 Å². The summed E-state index contributed by atoms with van der Waals surface area (Å²) in [5.41, 5.74) is 8.13. The zero-order valence-electron chi connectivity index (χ0n) is 13.7. The van der Waals surface area contributed by atoms with Crippen LogP contribution in [0.4, 0.5) is 10.1 Å². The van der Waals surface area contributed by atoms with Gasteiger partial charge in [0.1, 0.15) is 6.17 Å². The molecule has 5 nitrogen and oxygen atoms in total. The highest BCUT2D eigenvalue weighted by Crippen LogP contribution is 2.33. The van der Waals surface area contributed by atoms with Crippen molar-refractivity contribution in [1.82, 2.24) is 9.88 Å². The number of alkyl halides is 1. The number of hydrogen-bond acceptors (Lipinski definition) is 4. The van der Waals surface area contributed by atoms with Crippen LogP contribution in [0.5, 0.6) is 0 Å². The molecule has 1 aliphatic heterocycles. The number of nitrogen functional groups attached to an aromatic ring is 1. The number of amides is 1. The Kier molecular flexibility index (Phi) is 4.01. The summed E-state index contributed by atoms with van der Waals surface area (Å²) in [4.78, 5) is 18.0. The fourth-order valence-electron chi connectivity index (χ4n) is 2.79. The van der Waals surface area contributed by atoms with E-state index in [1.807, 2.05) is 12.1 Å². The van der Waals surface area contributed by atoms with Crippen molar-refractivity contribution in [1.29, 1.82) is 0 Å². The lowest BCUT2D eigenvalue weighted by Crippen LogP contribution is -2.42. The molecule has 24 heavy (non-hydrogen) atoms. The van der Waals surface area contributed by atoms with E-state index in [0.29, 0.717) is 17.8 Å². The van der Waals surface area contributed by atoms with Crippen LogP contribution in [0.25, 0.3) is 11.1 Å². The minimum Gasteiger partial charge on any atom is -0.398 e. The quantitative estimate of drug-likeness (QED) is 0.844. The third-order valence-corrected chi connectivity index (χ3v) is 4.29. The molecule has 0 spiro atoms. The Morgan fingerprint density at radius 1 is 1.33 bits per heavy atom. The SMILES string of the molecule is CC(C)(O)[C@H](F)CN1Cc2cc(N)c(-c3ccncc3)cc2C1=O. The molecule has 1 atom stereocenters. The fraction of sp³-hybridized carbons (Fsp3) is 0.333. The van der Waals surface area contributed by atoms with Crippen LogP contribution >= 0.6 is 0 Å². The van der Waals surface area contributed by atoms with E-state index in [0.717, 1.165) is 16.7 Å². The number of fused-ring (bicyclic) bond motifs is 1. The first-order valence-corrected chi connectivity index (χ1v) is 7.76. The van der Waals surface area contributed by atoms with Gasteiger partial charge in [0.25, 0.3) is 5.91 Å². The Labute approximate surface area is 139 Å². The molecule has 3 rings (SSSR count). The molecule has 1 aromatic carbocycles. The third kappa shape index (κ3) is 2.97. The summed E-state index contributed by atoms with van der Waals surface area (Å²) in [6, 6.07) is 7.16. The summed E-state index contributed by atoms with van der Waals surface area (Å²) in [6.45, 7) is 2.93. The lowest BCUT2D eigenvalue weighted by Gasteiger charge is -2.26. The van der Waals surface area contributed by atoms with E-state index in [9.17, 15) is 14.3 Å². The maximum Gasteiger partial charge on any atom is 0.254 e. The molecule has 1 aliphatic rings. The van der Waals surface area contributed by atoms with Gasteiger partial charge in [-0.1, -0.05) is 0 Å². The second kappa shape index (κ2) is 5.87. The van der Waals surface area contributed by atoms with E-state index in [-0.39, 0.29) is 12.5 Å². The Hall–Kier alpha value is -2.47. The number of benzene rings is 1. The van der Waals surface area contributed by atoms with Crippen molar-refractivity contribution in [2.24, 2.45) is 0 Å². The monoisotopic (exact) mass is 329 g/mol. The Morgan fingerprint density at radius 3 is 2.62 bits per heavy atom. The summed E-state index contributed by atoms with van der Waals surface area (Å²) >= 11 is 0. The average Bonchev–Trinajstić information content (AvgIpc) is 2.82. The summed E-state index contributed by atoms with van der Waals surface area (Å²) in [6.07, 6.45) is 1.80. The van der Waals surface area contributed by atoms with Crippen molar-refractivity contribution in [2.45, 2.75) is 32.2 Å². The highest BCUT2D eigenvalue weighted by Gasteiger charge is 2.34. The Balaban J connectivity index is 1.90. The van der Waals surface area contributed by atoms with Gasteiger partial charge in [-0.15, -0.1) is 0 Å². The maximum atomic E-state index is 14.1. The molecule has 3 N–H and O–H groups in total. The summed E-state index contributed by atoms with van der Waals surface area (Å²) in [5.74, 6) is -0.243. The molecule has 2 aromatic rings. The summed E-state index contributed by atoms with van der Waals surface area (Å²) in [7, 11) is 0. The number of nitrogens with two attached hydrogens (primary N) is 1. The first-order valence-electron chi connectivity index (χ1n) is 7.76. The maximum absolute atomic E-state index is 14.1. The molecule has 0 saturated heterocycles. The predicted octanol–water partition coefficient (Wildman–Crippen LogP) is 2.40. The van der Waals surface area contributed by atoms with Gasteiger partial charge in [-0.2, -0.15) is 0 Å². The topological polar surface area (TPSA) is 79.4 Å². The second-order valence-electron chi connectivity index (χ2n) is 6.64. The number of aromatic nitrogens is 1. The zero-order chi connectivity index (χ0) is 17.5. The van der Waals surface area contributed by atoms with E-state index >= 15 is 0 Å². The van der Waals surface area contributed by atoms with Crippen LogP contribution in [0, 0.1) is 0 Å². The van der Waals surface area contributed by atoms with Crippen LogP contribution < -0.4 is 5.73 Å². The van der Waals surface area contributed by atoms with Gasteiger partial charge in [-0.25, -0.2) is 4.39 Å². The lowest BCUT2D eigenvalue weighted by molar-refractivity contribution is -0.0159. The van der Waals surface area contributed by atoms with Crippen LogP contribution in [0.1, 0.15) is 29.8 Å². The van der Waals surface area contributed by atoms with Gasteiger partial charge in [0.05, 0.1) is 12.1 Å². The average molecular weight is 329 g/mol. The van der Waals surface area contributed by atoms with Gasteiger partial charge in [0.15, 0.2) is 0 Å². The number of carbonyl (C=O) groups excluding carboxylic acids is 1. The molecule has 1 amide bonds. The van der Waals surface area contributed by atoms with Crippen LogP contribution in [-0.4, -0.2) is 39.2 Å². The molecule has 126 valence electrons. The normalized spacial score (nSPS) is 15.5. The van der Waals surface area contributed by atoms with Gasteiger partial charge in [-0.3, -0.25) is 9.78 Å². The first-order chi connectivity index (χ1) is 11.3. The number of rotatable bonds is 4. The van der Waals surface area contributed by atoms with E-state index < -0.39 is 11.8 Å². The number of pyridine rings is 1. The van der Waals surface area contributed by atoms with Crippen molar-refractivity contribution in [2.75, 3.05) is 12.3 Å².